The molecule has 1 atom stereocenters. The van der Waals surface area contributed by atoms with Crippen LogP contribution in [0.1, 0.15) is 25.0 Å². The van der Waals surface area contributed by atoms with Gasteiger partial charge in [-0.15, -0.1) is 0 Å². The van der Waals surface area contributed by atoms with Crippen LogP contribution in [0.2, 0.25) is 0 Å². The van der Waals surface area contributed by atoms with Gasteiger partial charge in [-0.25, -0.2) is 0 Å². The molecule has 0 aliphatic rings. The molecule has 0 fully saturated rings. The van der Waals surface area contributed by atoms with Crippen molar-refractivity contribution in [1.82, 2.24) is 0 Å². The molecular weight excluding hydrogens is 210 g/mol. The molecule has 0 saturated carbocycles. The van der Waals surface area contributed by atoms with Gasteiger partial charge >= 0.3 is 0 Å². The number of rotatable bonds is 4. The lowest BCUT2D eigenvalue weighted by Crippen LogP contribution is -2.29. The van der Waals surface area contributed by atoms with Gasteiger partial charge in [-0.1, -0.05) is 12.1 Å². The van der Waals surface area contributed by atoms with Crippen LogP contribution >= 0.6 is 0 Å². The Labute approximate surface area is 103 Å². The Morgan fingerprint density at radius 1 is 1.35 bits per heavy atom. The summed E-state index contributed by atoms with van der Waals surface area (Å²) in [4.78, 5) is 2.10. The van der Waals surface area contributed by atoms with Crippen LogP contribution in [0.25, 0.3) is 0 Å². The fraction of sp³-hybridized carbons (Fsp3) is 0.429. The first-order chi connectivity index (χ1) is 8.13. The Kier molecular flexibility index (Phi) is 4.55. The molecule has 1 aromatic carbocycles. The van der Waals surface area contributed by atoms with E-state index in [9.17, 15) is 0 Å². The summed E-state index contributed by atoms with van der Waals surface area (Å²) in [5, 5.41) is 18.0. The van der Waals surface area contributed by atoms with Crippen LogP contribution in [-0.2, 0) is 0 Å². The molecule has 0 N–H and O–H groups in total. The van der Waals surface area contributed by atoms with Crippen molar-refractivity contribution >= 4 is 5.69 Å². The second-order valence-corrected chi connectivity index (χ2v) is 4.15. The maximum Gasteiger partial charge on any atom is 0.101 e. The Morgan fingerprint density at radius 2 is 2.06 bits per heavy atom. The topological polar surface area (TPSA) is 50.8 Å². The molecule has 88 valence electrons. The maximum absolute atomic E-state index is 9.14. The molecule has 1 rings (SSSR count). The first-order valence-electron chi connectivity index (χ1n) is 5.78. The van der Waals surface area contributed by atoms with Crippen LogP contribution in [-0.4, -0.2) is 13.1 Å². The van der Waals surface area contributed by atoms with Gasteiger partial charge in [-0.2, -0.15) is 10.5 Å². The summed E-state index contributed by atoms with van der Waals surface area (Å²) in [6.45, 7) is 7.39. The van der Waals surface area contributed by atoms with Crippen molar-refractivity contribution < 1.29 is 0 Å². The highest BCUT2D eigenvalue weighted by atomic mass is 15.1. The molecule has 0 amide bonds. The maximum atomic E-state index is 9.14. The second kappa shape index (κ2) is 5.92. The third-order valence-corrected chi connectivity index (χ3v) is 2.77. The smallest absolute Gasteiger partial charge is 0.101 e. The summed E-state index contributed by atoms with van der Waals surface area (Å²) in [6.07, 6.45) is 0. The standard InChI is InChI=1S/C14H17N3/c1-4-17(10-11(2)8-15)14-12(3)6-5-7-13(14)9-16/h5-7,11H,4,10H2,1-3H3. The third-order valence-electron chi connectivity index (χ3n) is 2.77. The molecule has 0 radical (unpaired) electrons. The molecular formula is C14H17N3. The van der Waals surface area contributed by atoms with E-state index < -0.39 is 0 Å². The van der Waals surface area contributed by atoms with Crippen molar-refractivity contribution in [3.8, 4) is 12.1 Å². The molecule has 0 bridgehead atoms. The second-order valence-electron chi connectivity index (χ2n) is 4.15. The van der Waals surface area contributed by atoms with Gasteiger partial charge in [-0.05, 0) is 32.4 Å². The number of hydrogen-bond acceptors (Lipinski definition) is 3. The van der Waals surface area contributed by atoms with Gasteiger partial charge in [0.15, 0.2) is 0 Å². The molecule has 3 nitrogen and oxygen atoms in total. The number of para-hydroxylation sites is 1. The van der Waals surface area contributed by atoms with Crippen LogP contribution < -0.4 is 4.90 Å². The SMILES string of the molecule is CCN(CC(C)C#N)c1c(C)cccc1C#N. The van der Waals surface area contributed by atoms with Crippen LogP contribution in [0, 0.1) is 35.5 Å². The number of hydrogen-bond donors (Lipinski definition) is 0. The monoisotopic (exact) mass is 227 g/mol. The van der Waals surface area contributed by atoms with Crippen LogP contribution in [0.5, 0.6) is 0 Å². The van der Waals surface area contributed by atoms with Crippen molar-refractivity contribution in [3.63, 3.8) is 0 Å². The highest BCUT2D eigenvalue weighted by Crippen LogP contribution is 2.25. The van der Waals surface area contributed by atoms with Crippen molar-refractivity contribution in [2.45, 2.75) is 20.8 Å². The van der Waals surface area contributed by atoms with E-state index in [1.165, 1.54) is 0 Å². The highest BCUT2D eigenvalue weighted by molar-refractivity contribution is 5.64. The molecule has 1 aromatic rings. The first-order valence-corrected chi connectivity index (χ1v) is 5.78. The van der Waals surface area contributed by atoms with Gasteiger partial charge in [-0.3, -0.25) is 0 Å². The summed E-state index contributed by atoms with van der Waals surface area (Å²) in [6, 6.07) is 10.2. The van der Waals surface area contributed by atoms with E-state index in [4.69, 9.17) is 10.5 Å². The number of benzene rings is 1. The van der Waals surface area contributed by atoms with E-state index in [0.717, 1.165) is 17.8 Å². The summed E-state index contributed by atoms with van der Waals surface area (Å²) in [5.41, 5.74) is 2.72. The first kappa shape index (κ1) is 13.1. The molecule has 0 aromatic heterocycles. The summed E-state index contributed by atoms with van der Waals surface area (Å²) in [7, 11) is 0. The van der Waals surface area contributed by atoms with E-state index in [1.807, 2.05) is 39.0 Å². The predicted molar refractivity (Wildman–Crippen MR) is 68.6 cm³/mol. The van der Waals surface area contributed by atoms with Gasteiger partial charge < -0.3 is 4.90 Å². The van der Waals surface area contributed by atoms with Crippen LogP contribution in [0.4, 0.5) is 5.69 Å². The summed E-state index contributed by atoms with van der Waals surface area (Å²) in [5.74, 6) is -0.0406. The minimum atomic E-state index is -0.0406. The van der Waals surface area contributed by atoms with E-state index in [2.05, 4.69) is 17.0 Å². The Bertz CT molecular complexity index is 465. The van der Waals surface area contributed by atoms with Gasteiger partial charge in [0.25, 0.3) is 0 Å². The van der Waals surface area contributed by atoms with E-state index in [-0.39, 0.29) is 5.92 Å². The van der Waals surface area contributed by atoms with Crippen LogP contribution in [0.15, 0.2) is 18.2 Å². The summed E-state index contributed by atoms with van der Waals surface area (Å²) < 4.78 is 0. The number of nitrogens with zero attached hydrogens (tertiary/aromatic N) is 3. The average molecular weight is 227 g/mol. The number of nitriles is 2. The predicted octanol–water partition coefficient (Wildman–Crippen LogP) is 2.85. The van der Waals surface area contributed by atoms with Gasteiger partial charge in [0.05, 0.1) is 23.2 Å². The fourth-order valence-electron chi connectivity index (χ4n) is 1.92. The third kappa shape index (κ3) is 2.98. The molecule has 17 heavy (non-hydrogen) atoms. The fourth-order valence-corrected chi connectivity index (χ4v) is 1.92. The minimum absolute atomic E-state index is 0.0406. The quantitative estimate of drug-likeness (QED) is 0.794. The van der Waals surface area contributed by atoms with Crippen molar-refractivity contribution in [2.24, 2.45) is 5.92 Å². The lowest BCUT2D eigenvalue weighted by Gasteiger charge is -2.26. The Balaban J connectivity index is 3.12. The van der Waals surface area contributed by atoms with Crippen molar-refractivity contribution in [1.29, 1.82) is 10.5 Å². The molecule has 0 spiro atoms. The molecule has 0 aliphatic heterocycles. The Hall–Kier alpha value is -2.00. The van der Waals surface area contributed by atoms with E-state index in [1.54, 1.807) is 0 Å². The summed E-state index contributed by atoms with van der Waals surface area (Å²) >= 11 is 0. The molecule has 1 unspecified atom stereocenters. The molecule has 0 heterocycles. The lowest BCUT2D eigenvalue weighted by atomic mass is 10.1. The normalized spacial score (nSPS) is 11.4. The molecule has 3 heteroatoms. The number of aryl methyl sites for hydroxylation is 1. The zero-order valence-corrected chi connectivity index (χ0v) is 10.6. The van der Waals surface area contributed by atoms with E-state index in [0.29, 0.717) is 12.1 Å². The van der Waals surface area contributed by atoms with Crippen molar-refractivity contribution in [2.75, 3.05) is 18.0 Å². The minimum Gasteiger partial charge on any atom is -0.369 e. The largest absolute Gasteiger partial charge is 0.369 e. The van der Waals surface area contributed by atoms with E-state index >= 15 is 0 Å². The van der Waals surface area contributed by atoms with Gasteiger partial charge in [0, 0.05) is 13.1 Å². The molecule has 0 aliphatic carbocycles. The number of anilines is 1. The highest BCUT2D eigenvalue weighted by Gasteiger charge is 2.14. The van der Waals surface area contributed by atoms with Gasteiger partial charge in [0.2, 0.25) is 0 Å². The van der Waals surface area contributed by atoms with Crippen LogP contribution in [0.3, 0.4) is 0 Å². The Morgan fingerprint density at radius 3 is 2.59 bits per heavy atom. The van der Waals surface area contributed by atoms with Crippen molar-refractivity contribution in [3.05, 3.63) is 29.3 Å². The zero-order chi connectivity index (χ0) is 12.8. The van der Waals surface area contributed by atoms with Gasteiger partial charge in [0.1, 0.15) is 6.07 Å². The average Bonchev–Trinajstić information content (AvgIpc) is 2.35. The lowest BCUT2D eigenvalue weighted by molar-refractivity contribution is 0.684. The molecule has 0 saturated heterocycles. The zero-order valence-electron chi connectivity index (χ0n) is 10.6.